The standard InChI is InChI=1S/C13H26ClNO/c1-3-12(4-2)13(14)10-15-9-11-5-7-16-8-6-11/h11-13,15H,3-10H2,1-2H3. The lowest BCUT2D eigenvalue weighted by Gasteiger charge is -2.24. The second-order valence-corrected chi connectivity index (χ2v) is 5.37. The summed E-state index contributed by atoms with van der Waals surface area (Å²) < 4.78 is 5.35. The fourth-order valence-corrected chi connectivity index (χ4v) is 2.81. The van der Waals surface area contributed by atoms with E-state index in [0.29, 0.717) is 5.92 Å². The Morgan fingerprint density at radius 2 is 1.88 bits per heavy atom. The maximum atomic E-state index is 6.38. The van der Waals surface area contributed by atoms with E-state index in [1.54, 1.807) is 0 Å². The molecule has 0 aromatic rings. The smallest absolute Gasteiger partial charge is 0.0488 e. The zero-order chi connectivity index (χ0) is 11.8. The van der Waals surface area contributed by atoms with Crippen molar-refractivity contribution in [2.45, 2.75) is 44.9 Å². The van der Waals surface area contributed by atoms with E-state index in [-0.39, 0.29) is 5.38 Å². The Kier molecular flexibility index (Phi) is 7.42. The zero-order valence-corrected chi connectivity index (χ0v) is 11.4. The van der Waals surface area contributed by atoms with Crippen molar-refractivity contribution in [2.75, 3.05) is 26.3 Å². The van der Waals surface area contributed by atoms with Crippen LogP contribution in [-0.2, 0) is 4.74 Å². The second-order valence-electron chi connectivity index (χ2n) is 4.81. The van der Waals surface area contributed by atoms with Crippen LogP contribution in [0.25, 0.3) is 0 Å². The van der Waals surface area contributed by atoms with Crippen molar-refractivity contribution in [1.82, 2.24) is 5.32 Å². The predicted molar refractivity (Wildman–Crippen MR) is 70.1 cm³/mol. The molecule has 1 N–H and O–H groups in total. The molecule has 0 aliphatic carbocycles. The van der Waals surface area contributed by atoms with E-state index in [1.807, 2.05) is 0 Å². The van der Waals surface area contributed by atoms with Crippen LogP contribution in [0.5, 0.6) is 0 Å². The van der Waals surface area contributed by atoms with Gasteiger partial charge in [-0.1, -0.05) is 26.7 Å². The first-order chi connectivity index (χ1) is 7.77. The van der Waals surface area contributed by atoms with Gasteiger partial charge in [0.05, 0.1) is 0 Å². The summed E-state index contributed by atoms with van der Waals surface area (Å²) in [7, 11) is 0. The van der Waals surface area contributed by atoms with E-state index in [0.717, 1.165) is 32.2 Å². The van der Waals surface area contributed by atoms with Crippen LogP contribution >= 0.6 is 11.6 Å². The van der Waals surface area contributed by atoms with Crippen molar-refractivity contribution in [1.29, 1.82) is 0 Å². The number of hydrogen-bond donors (Lipinski definition) is 1. The molecule has 1 aliphatic rings. The number of hydrogen-bond acceptors (Lipinski definition) is 2. The van der Waals surface area contributed by atoms with Crippen LogP contribution in [0.15, 0.2) is 0 Å². The Balaban J connectivity index is 2.09. The third-order valence-electron chi connectivity index (χ3n) is 3.67. The Morgan fingerprint density at radius 1 is 1.25 bits per heavy atom. The predicted octanol–water partition coefficient (Wildman–Crippen LogP) is 3.05. The molecule has 0 spiro atoms. The molecule has 1 saturated heterocycles. The minimum atomic E-state index is 0.287. The van der Waals surface area contributed by atoms with Crippen LogP contribution in [0.3, 0.4) is 0 Å². The van der Waals surface area contributed by atoms with Crippen molar-refractivity contribution in [3.8, 4) is 0 Å². The van der Waals surface area contributed by atoms with Gasteiger partial charge in [0, 0.05) is 25.1 Å². The summed E-state index contributed by atoms with van der Waals surface area (Å²) in [6, 6.07) is 0. The van der Waals surface area contributed by atoms with Crippen LogP contribution in [-0.4, -0.2) is 31.7 Å². The molecule has 0 saturated carbocycles. The van der Waals surface area contributed by atoms with Crippen LogP contribution in [0.1, 0.15) is 39.5 Å². The molecule has 3 heteroatoms. The molecule has 1 aliphatic heterocycles. The van der Waals surface area contributed by atoms with E-state index in [9.17, 15) is 0 Å². The quantitative estimate of drug-likeness (QED) is 0.699. The molecule has 0 bridgehead atoms. The largest absolute Gasteiger partial charge is 0.381 e. The fourth-order valence-electron chi connectivity index (χ4n) is 2.34. The number of halogens is 1. The maximum Gasteiger partial charge on any atom is 0.0488 e. The summed E-state index contributed by atoms with van der Waals surface area (Å²) in [6.07, 6.45) is 4.77. The molecule has 0 radical (unpaired) electrons. The van der Waals surface area contributed by atoms with Gasteiger partial charge in [-0.3, -0.25) is 0 Å². The summed E-state index contributed by atoms with van der Waals surface area (Å²) in [5, 5.41) is 3.80. The van der Waals surface area contributed by atoms with Gasteiger partial charge in [-0.05, 0) is 31.2 Å². The minimum Gasteiger partial charge on any atom is -0.381 e. The first-order valence-corrected chi connectivity index (χ1v) is 7.14. The van der Waals surface area contributed by atoms with Gasteiger partial charge in [0.15, 0.2) is 0 Å². The van der Waals surface area contributed by atoms with E-state index in [4.69, 9.17) is 16.3 Å². The maximum absolute atomic E-state index is 6.38. The highest BCUT2D eigenvalue weighted by atomic mass is 35.5. The first-order valence-electron chi connectivity index (χ1n) is 6.70. The van der Waals surface area contributed by atoms with Gasteiger partial charge in [0.1, 0.15) is 0 Å². The van der Waals surface area contributed by atoms with Gasteiger partial charge in [-0.15, -0.1) is 11.6 Å². The summed E-state index contributed by atoms with van der Waals surface area (Å²) in [6.45, 7) is 8.37. The summed E-state index contributed by atoms with van der Waals surface area (Å²) in [5.74, 6) is 1.45. The monoisotopic (exact) mass is 247 g/mol. The van der Waals surface area contributed by atoms with Crippen molar-refractivity contribution < 1.29 is 4.74 Å². The summed E-state index contributed by atoms with van der Waals surface area (Å²) >= 11 is 6.38. The van der Waals surface area contributed by atoms with Gasteiger partial charge < -0.3 is 10.1 Å². The normalized spacial score (nSPS) is 20.2. The second kappa shape index (κ2) is 8.32. The SMILES string of the molecule is CCC(CC)C(Cl)CNCC1CCOCC1. The molecule has 1 fully saturated rings. The number of nitrogens with one attached hydrogen (secondary N) is 1. The van der Waals surface area contributed by atoms with E-state index < -0.39 is 0 Å². The third-order valence-corrected chi connectivity index (χ3v) is 4.18. The number of ether oxygens (including phenoxy) is 1. The molecular formula is C13H26ClNO. The van der Waals surface area contributed by atoms with Crippen LogP contribution in [0.4, 0.5) is 0 Å². The fraction of sp³-hybridized carbons (Fsp3) is 1.00. The van der Waals surface area contributed by atoms with E-state index >= 15 is 0 Å². The lowest BCUT2D eigenvalue weighted by Crippen LogP contribution is -2.34. The van der Waals surface area contributed by atoms with Gasteiger partial charge in [0.2, 0.25) is 0 Å². The summed E-state index contributed by atoms with van der Waals surface area (Å²) in [5.41, 5.74) is 0. The molecule has 0 aromatic carbocycles. The first kappa shape index (κ1) is 14.3. The molecule has 96 valence electrons. The van der Waals surface area contributed by atoms with Gasteiger partial charge in [0.25, 0.3) is 0 Å². The highest BCUT2D eigenvalue weighted by Crippen LogP contribution is 2.18. The van der Waals surface area contributed by atoms with E-state index in [1.165, 1.54) is 25.7 Å². The van der Waals surface area contributed by atoms with Gasteiger partial charge in [-0.25, -0.2) is 0 Å². The number of rotatable bonds is 7. The van der Waals surface area contributed by atoms with Gasteiger partial charge in [-0.2, -0.15) is 0 Å². The Hall–Kier alpha value is 0.210. The Bertz CT molecular complexity index is 167. The van der Waals surface area contributed by atoms with Crippen LogP contribution in [0.2, 0.25) is 0 Å². The average Bonchev–Trinajstić information content (AvgIpc) is 2.32. The molecule has 0 amide bonds. The molecule has 1 heterocycles. The van der Waals surface area contributed by atoms with Crippen molar-refractivity contribution in [3.05, 3.63) is 0 Å². The molecule has 2 nitrogen and oxygen atoms in total. The molecule has 16 heavy (non-hydrogen) atoms. The molecule has 1 rings (SSSR count). The molecular weight excluding hydrogens is 222 g/mol. The molecule has 1 atom stereocenters. The average molecular weight is 248 g/mol. The Morgan fingerprint density at radius 3 is 2.44 bits per heavy atom. The zero-order valence-electron chi connectivity index (χ0n) is 10.7. The van der Waals surface area contributed by atoms with E-state index in [2.05, 4.69) is 19.2 Å². The van der Waals surface area contributed by atoms with Crippen molar-refractivity contribution in [2.24, 2.45) is 11.8 Å². The Labute approximate surface area is 105 Å². The third kappa shape index (κ3) is 5.03. The van der Waals surface area contributed by atoms with Crippen LogP contribution < -0.4 is 5.32 Å². The number of alkyl halides is 1. The van der Waals surface area contributed by atoms with Crippen LogP contribution in [0, 0.1) is 11.8 Å². The van der Waals surface area contributed by atoms with Crippen molar-refractivity contribution >= 4 is 11.6 Å². The highest BCUT2D eigenvalue weighted by molar-refractivity contribution is 6.21. The van der Waals surface area contributed by atoms with Gasteiger partial charge >= 0.3 is 0 Å². The lowest BCUT2D eigenvalue weighted by atomic mass is 9.98. The summed E-state index contributed by atoms with van der Waals surface area (Å²) in [4.78, 5) is 0. The van der Waals surface area contributed by atoms with Crippen molar-refractivity contribution in [3.63, 3.8) is 0 Å². The molecule has 1 unspecified atom stereocenters. The highest BCUT2D eigenvalue weighted by Gasteiger charge is 2.17. The molecule has 0 aromatic heterocycles. The minimum absolute atomic E-state index is 0.287. The lowest BCUT2D eigenvalue weighted by molar-refractivity contribution is 0.0663. The topological polar surface area (TPSA) is 21.3 Å².